The topological polar surface area (TPSA) is 86.1 Å². The molecule has 3 aromatic rings. The predicted molar refractivity (Wildman–Crippen MR) is 111 cm³/mol. The van der Waals surface area contributed by atoms with E-state index in [1.807, 2.05) is 44.5 Å². The maximum atomic E-state index is 12.5. The molecule has 0 spiro atoms. The Kier molecular flexibility index (Phi) is 6.15. The van der Waals surface area contributed by atoms with E-state index in [0.717, 1.165) is 22.3 Å². The molecule has 0 saturated carbocycles. The molecule has 2 heterocycles. The Morgan fingerprint density at radius 2 is 2.07 bits per heavy atom. The van der Waals surface area contributed by atoms with E-state index in [2.05, 4.69) is 15.5 Å². The molecule has 28 heavy (non-hydrogen) atoms. The molecule has 1 aromatic carbocycles. The zero-order valence-electron chi connectivity index (χ0n) is 16.0. The molecule has 9 heteroatoms. The number of hydrogen-bond acceptors (Lipinski definition) is 7. The van der Waals surface area contributed by atoms with Crippen LogP contribution in [0.15, 0.2) is 35.1 Å². The van der Waals surface area contributed by atoms with Crippen molar-refractivity contribution in [2.24, 2.45) is 7.05 Å². The molecule has 2 aromatic heterocycles. The SMILES string of the molecule is COC(=O)c1c(-c2cc(C)ccc2C)csc1NC(=O)CSc1nncn1C. The first-order chi connectivity index (χ1) is 13.4. The Labute approximate surface area is 171 Å². The number of esters is 1. The first-order valence-electron chi connectivity index (χ1n) is 8.44. The molecule has 0 radical (unpaired) electrons. The van der Waals surface area contributed by atoms with E-state index < -0.39 is 5.97 Å². The fraction of sp³-hybridized carbons (Fsp3) is 0.263. The predicted octanol–water partition coefficient (Wildman–Crippen LogP) is 3.68. The molecule has 146 valence electrons. The number of nitrogens with one attached hydrogen (secondary N) is 1. The Hall–Kier alpha value is -2.65. The number of aryl methyl sites for hydroxylation is 3. The smallest absolute Gasteiger partial charge is 0.341 e. The van der Waals surface area contributed by atoms with Gasteiger partial charge in [-0.25, -0.2) is 4.79 Å². The number of ether oxygens (including phenoxy) is 1. The van der Waals surface area contributed by atoms with Crippen molar-refractivity contribution in [3.05, 3.63) is 46.6 Å². The fourth-order valence-corrected chi connectivity index (χ4v) is 4.33. The van der Waals surface area contributed by atoms with Crippen LogP contribution >= 0.6 is 23.1 Å². The summed E-state index contributed by atoms with van der Waals surface area (Å²) in [6.45, 7) is 3.99. The third kappa shape index (κ3) is 4.26. The summed E-state index contributed by atoms with van der Waals surface area (Å²) in [5, 5.41) is 13.6. The molecule has 1 N–H and O–H groups in total. The average molecular weight is 417 g/mol. The molecule has 0 aliphatic rings. The quantitative estimate of drug-likeness (QED) is 0.487. The van der Waals surface area contributed by atoms with Crippen molar-refractivity contribution in [3.8, 4) is 11.1 Å². The molecule has 1 amide bonds. The van der Waals surface area contributed by atoms with Gasteiger partial charge < -0.3 is 14.6 Å². The number of thiophene rings is 1. The van der Waals surface area contributed by atoms with Crippen molar-refractivity contribution in [2.75, 3.05) is 18.2 Å². The van der Waals surface area contributed by atoms with Crippen LogP contribution in [0.3, 0.4) is 0 Å². The Bertz CT molecular complexity index is 1030. The van der Waals surface area contributed by atoms with E-state index in [9.17, 15) is 9.59 Å². The number of aromatic nitrogens is 3. The number of carbonyl (C=O) groups is 2. The Balaban J connectivity index is 1.86. The maximum absolute atomic E-state index is 12.5. The molecule has 0 atom stereocenters. The van der Waals surface area contributed by atoms with E-state index in [-0.39, 0.29) is 11.7 Å². The minimum Gasteiger partial charge on any atom is -0.465 e. The highest BCUT2D eigenvalue weighted by molar-refractivity contribution is 7.99. The molecule has 0 aliphatic carbocycles. The van der Waals surface area contributed by atoms with Gasteiger partial charge in [0, 0.05) is 18.0 Å². The van der Waals surface area contributed by atoms with Crippen molar-refractivity contribution >= 4 is 40.0 Å². The largest absolute Gasteiger partial charge is 0.465 e. The van der Waals surface area contributed by atoms with Gasteiger partial charge in [-0.05, 0) is 25.0 Å². The van der Waals surface area contributed by atoms with Crippen LogP contribution in [0.2, 0.25) is 0 Å². The highest BCUT2D eigenvalue weighted by Gasteiger charge is 2.23. The van der Waals surface area contributed by atoms with Gasteiger partial charge in [0.05, 0.1) is 12.9 Å². The van der Waals surface area contributed by atoms with Crippen LogP contribution in [0.5, 0.6) is 0 Å². The van der Waals surface area contributed by atoms with Gasteiger partial charge in [-0.15, -0.1) is 21.5 Å². The van der Waals surface area contributed by atoms with Crippen molar-refractivity contribution in [1.29, 1.82) is 0 Å². The van der Waals surface area contributed by atoms with E-state index >= 15 is 0 Å². The second kappa shape index (κ2) is 8.57. The Morgan fingerprint density at radius 1 is 1.29 bits per heavy atom. The summed E-state index contributed by atoms with van der Waals surface area (Å²) in [4.78, 5) is 24.9. The van der Waals surface area contributed by atoms with Crippen LogP contribution in [0.25, 0.3) is 11.1 Å². The summed E-state index contributed by atoms with van der Waals surface area (Å²) in [5.41, 5.74) is 4.22. The van der Waals surface area contributed by atoms with Crippen LogP contribution in [0.1, 0.15) is 21.5 Å². The number of thioether (sulfide) groups is 1. The number of benzene rings is 1. The van der Waals surface area contributed by atoms with E-state index in [0.29, 0.717) is 15.7 Å². The van der Waals surface area contributed by atoms with Gasteiger partial charge >= 0.3 is 5.97 Å². The Morgan fingerprint density at radius 3 is 2.75 bits per heavy atom. The molecule has 7 nitrogen and oxygen atoms in total. The minimum atomic E-state index is -0.478. The lowest BCUT2D eigenvalue weighted by Gasteiger charge is -2.10. The molecular formula is C19H20N4O3S2. The van der Waals surface area contributed by atoms with Gasteiger partial charge in [-0.2, -0.15) is 0 Å². The molecule has 0 aliphatic heterocycles. The maximum Gasteiger partial charge on any atom is 0.341 e. The average Bonchev–Trinajstić information content (AvgIpc) is 3.27. The molecule has 0 bridgehead atoms. The van der Waals surface area contributed by atoms with Gasteiger partial charge in [-0.3, -0.25) is 4.79 Å². The normalized spacial score (nSPS) is 10.7. The number of amides is 1. The molecule has 3 rings (SSSR count). The van der Waals surface area contributed by atoms with E-state index in [1.54, 1.807) is 10.9 Å². The standard InChI is InChI=1S/C19H20N4O3S2/c1-11-5-6-12(2)13(7-11)14-8-27-17(16(14)18(25)26-4)21-15(24)9-28-19-22-20-10-23(19)3/h5-8,10H,9H2,1-4H3,(H,21,24). The third-order valence-corrected chi connectivity index (χ3v) is 6.05. The molecule has 0 fully saturated rings. The summed E-state index contributed by atoms with van der Waals surface area (Å²) in [7, 11) is 3.15. The van der Waals surface area contributed by atoms with Crippen LogP contribution in [0, 0.1) is 13.8 Å². The zero-order chi connectivity index (χ0) is 20.3. The first kappa shape index (κ1) is 20.1. The lowest BCUT2D eigenvalue weighted by Crippen LogP contribution is -2.16. The van der Waals surface area contributed by atoms with Gasteiger partial charge in [0.15, 0.2) is 5.16 Å². The van der Waals surface area contributed by atoms with Crippen LogP contribution < -0.4 is 5.32 Å². The minimum absolute atomic E-state index is 0.157. The first-order valence-corrected chi connectivity index (χ1v) is 10.3. The van der Waals surface area contributed by atoms with Crippen molar-refractivity contribution in [1.82, 2.24) is 14.8 Å². The summed E-state index contributed by atoms with van der Waals surface area (Å²) >= 11 is 2.58. The number of methoxy groups -OCH3 is 1. The molecule has 0 unspecified atom stereocenters. The third-order valence-electron chi connectivity index (χ3n) is 4.12. The second-order valence-electron chi connectivity index (χ2n) is 6.22. The monoisotopic (exact) mass is 416 g/mol. The molecule has 0 saturated heterocycles. The van der Waals surface area contributed by atoms with E-state index in [4.69, 9.17) is 4.74 Å². The van der Waals surface area contributed by atoms with Crippen LogP contribution in [0.4, 0.5) is 5.00 Å². The van der Waals surface area contributed by atoms with Crippen LogP contribution in [-0.4, -0.2) is 39.5 Å². The zero-order valence-corrected chi connectivity index (χ0v) is 17.6. The van der Waals surface area contributed by atoms with E-state index in [1.165, 1.54) is 30.2 Å². The van der Waals surface area contributed by atoms with Gasteiger partial charge in [0.25, 0.3) is 0 Å². The summed E-state index contributed by atoms with van der Waals surface area (Å²) in [6, 6.07) is 6.06. The summed E-state index contributed by atoms with van der Waals surface area (Å²) in [5.74, 6) is -0.551. The van der Waals surface area contributed by atoms with Crippen LogP contribution in [-0.2, 0) is 16.6 Å². The number of anilines is 1. The van der Waals surface area contributed by atoms with Gasteiger partial charge in [0.2, 0.25) is 5.91 Å². The fourth-order valence-electron chi connectivity index (χ4n) is 2.67. The van der Waals surface area contributed by atoms with Gasteiger partial charge in [-0.1, -0.05) is 35.5 Å². The molecular weight excluding hydrogens is 396 g/mol. The van der Waals surface area contributed by atoms with Gasteiger partial charge in [0.1, 0.15) is 16.9 Å². The lowest BCUT2D eigenvalue weighted by atomic mass is 9.97. The summed E-state index contributed by atoms with van der Waals surface area (Å²) < 4.78 is 6.71. The number of rotatable bonds is 6. The number of nitrogens with zero attached hydrogens (tertiary/aromatic N) is 3. The van der Waals surface area contributed by atoms with Crippen molar-refractivity contribution in [3.63, 3.8) is 0 Å². The second-order valence-corrected chi connectivity index (χ2v) is 8.05. The number of carbonyl (C=O) groups excluding carboxylic acids is 2. The highest BCUT2D eigenvalue weighted by atomic mass is 32.2. The summed E-state index contributed by atoms with van der Waals surface area (Å²) in [6.07, 6.45) is 1.57. The lowest BCUT2D eigenvalue weighted by molar-refractivity contribution is -0.113. The van der Waals surface area contributed by atoms with Crippen molar-refractivity contribution < 1.29 is 14.3 Å². The highest BCUT2D eigenvalue weighted by Crippen LogP contribution is 2.38. The number of hydrogen-bond donors (Lipinski definition) is 1. The van der Waals surface area contributed by atoms with Crippen molar-refractivity contribution in [2.45, 2.75) is 19.0 Å².